The summed E-state index contributed by atoms with van der Waals surface area (Å²) in [5.41, 5.74) is 0.300. The third-order valence-electron chi connectivity index (χ3n) is 5.44. The fourth-order valence-electron chi connectivity index (χ4n) is 3.68. The summed E-state index contributed by atoms with van der Waals surface area (Å²) in [6, 6.07) is 8.62. The van der Waals surface area contributed by atoms with Crippen molar-refractivity contribution < 1.29 is 17.6 Å². The first kappa shape index (κ1) is 24.9. The number of benzene rings is 2. The third kappa shape index (κ3) is 5.23. The number of rotatable bonds is 6. The van der Waals surface area contributed by atoms with Crippen molar-refractivity contribution in [3.8, 4) is 0 Å². The van der Waals surface area contributed by atoms with E-state index in [1.54, 1.807) is 18.2 Å². The Morgan fingerprint density at radius 3 is 2.44 bits per heavy atom. The molecule has 180 valence electrons. The molecule has 3 aromatic rings. The van der Waals surface area contributed by atoms with Crippen LogP contribution in [-0.2, 0) is 16.6 Å². The molecule has 12 heteroatoms. The maximum absolute atomic E-state index is 13.9. The van der Waals surface area contributed by atoms with Crippen molar-refractivity contribution in [3.63, 3.8) is 0 Å². The Bertz CT molecular complexity index is 1340. The van der Waals surface area contributed by atoms with E-state index in [4.69, 9.17) is 34.8 Å². The smallest absolute Gasteiger partial charge is 0.258 e. The van der Waals surface area contributed by atoms with Gasteiger partial charge < -0.3 is 5.32 Å². The minimum absolute atomic E-state index is 0.0226. The number of hydrogen-bond donors (Lipinski definition) is 1. The van der Waals surface area contributed by atoms with Crippen molar-refractivity contribution in [3.05, 3.63) is 74.6 Å². The van der Waals surface area contributed by atoms with Crippen LogP contribution in [0.2, 0.25) is 15.1 Å². The lowest BCUT2D eigenvalue weighted by molar-refractivity contribution is 0.102. The van der Waals surface area contributed by atoms with Gasteiger partial charge in [-0.25, -0.2) is 12.8 Å². The van der Waals surface area contributed by atoms with Crippen LogP contribution in [0.15, 0.2) is 47.5 Å². The lowest BCUT2D eigenvalue weighted by Crippen LogP contribution is -2.35. The molecule has 0 unspecified atom stereocenters. The number of sulfonamides is 1. The summed E-state index contributed by atoms with van der Waals surface area (Å²) in [7, 11) is -3.90. The summed E-state index contributed by atoms with van der Waals surface area (Å²) >= 11 is 18.6. The summed E-state index contributed by atoms with van der Waals surface area (Å²) in [5, 5.41) is 6.75. The number of aromatic nitrogens is 2. The Morgan fingerprint density at radius 1 is 1.03 bits per heavy atom. The van der Waals surface area contributed by atoms with E-state index in [2.05, 4.69) is 10.4 Å². The van der Waals surface area contributed by atoms with Gasteiger partial charge in [0.15, 0.2) is 5.82 Å². The lowest BCUT2D eigenvalue weighted by Gasteiger charge is -2.26. The largest absolute Gasteiger partial charge is 0.304 e. The number of carbonyl (C=O) groups is 1. The monoisotopic (exact) mass is 544 g/mol. The Morgan fingerprint density at radius 2 is 1.74 bits per heavy atom. The third-order valence-corrected chi connectivity index (χ3v) is 8.39. The van der Waals surface area contributed by atoms with Gasteiger partial charge in [-0.15, -0.1) is 0 Å². The Balaban J connectivity index is 1.58. The van der Waals surface area contributed by atoms with Crippen molar-refractivity contribution in [2.45, 2.75) is 30.7 Å². The van der Waals surface area contributed by atoms with E-state index in [1.165, 1.54) is 27.3 Å². The van der Waals surface area contributed by atoms with E-state index in [0.29, 0.717) is 18.7 Å². The Labute approximate surface area is 211 Å². The minimum atomic E-state index is -3.90. The van der Waals surface area contributed by atoms with Crippen LogP contribution in [0, 0.1) is 5.82 Å². The van der Waals surface area contributed by atoms with Gasteiger partial charge in [0.2, 0.25) is 10.0 Å². The van der Waals surface area contributed by atoms with Crippen molar-refractivity contribution in [1.82, 2.24) is 14.1 Å². The van der Waals surface area contributed by atoms with Crippen LogP contribution in [0.25, 0.3) is 0 Å². The van der Waals surface area contributed by atoms with Crippen LogP contribution in [0.1, 0.15) is 35.2 Å². The topological polar surface area (TPSA) is 84.3 Å². The van der Waals surface area contributed by atoms with Gasteiger partial charge in [-0.2, -0.15) is 9.40 Å². The highest BCUT2D eigenvalue weighted by Crippen LogP contribution is 2.32. The molecule has 2 heterocycles. The van der Waals surface area contributed by atoms with Crippen molar-refractivity contribution in [2.75, 3.05) is 18.4 Å². The van der Waals surface area contributed by atoms with Crippen LogP contribution in [0.3, 0.4) is 0 Å². The van der Waals surface area contributed by atoms with E-state index >= 15 is 0 Å². The molecule has 4 rings (SSSR count). The minimum Gasteiger partial charge on any atom is -0.304 e. The molecule has 0 saturated carbocycles. The molecule has 34 heavy (non-hydrogen) atoms. The number of piperidine rings is 1. The summed E-state index contributed by atoms with van der Waals surface area (Å²) < 4.78 is 42.9. The molecule has 0 spiro atoms. The molecular formula is C22H20Cl3FN4O3S. The van der Waals surface area contributed by atoms with Gasteiger partial charge in [-0.05, 0) is 31.0 Å². The van der Waals surface area contributed by atoms with Gasteiger partial charge in [0.1, 0.15) is 15.7 Å². The first-order chi connectivity index (χ1) is 16.2. The first-order valence-corrected chi connectivity index (χ1v) is 13.0. The van der Waals surface area contributed by atoms with Gasteiger partial charge in [-0.3, -0.25) is 9.48 Å². The number of hydrogen-bond acceptors (Lipinski definition) is 4. The fourth-order valence-corrected chi connectivity index (χ4v) is 6.23. The predicted molar refractivity (Wildman–Crippen MR) is 130 cm³/mol. The molecule has 1 aliphatic heterocycles. The van der Waals surface area contributed by atoms with E-state index in [-0.39, 0.29) is 37.9 Å². The summed E-state index contributed by atoms with van der Waals surface area (Å²) in [4.78, 5) is 12.8. The van der Waals surface area contributed by atoms with Gasteiger partial charge in [0.25, 0.3) is 5.91 Å². The molecular weight excluding hydrogens is 526 g/mol. The SMILES string of the molecule is O=C(Nc1nn(Cc2ccccc2F)cc1Cl)c1cc(S(=O)(=O)N2CCCCC2)c(Cl)cc1Cl. The number of nitrogens with one attached hydrogen (secondary N) is 1. The van der Waals surface area contributed by atoms with Crippen LogP contribution in [-0.4, -0.2) is 41.5 Å². The second-order valence-corrected chi connectivity index (χ2v) is 10.9. The molecule has 1 aliphatic rings. The van der Waals surface area contributed by atoms with Crippen molar-refractivity contribution in [1.29, 1.82) is 0 Å². The van der Waals surface area contributed by atoms with Crippen LogP contribution < -0.4 is 5.32 Å². The maximum atomic E-state index is 13.9. The van der Waals surface area contributed by atoms with E-state index in [9.17, 15) is 17.6 Å². The zero-order chi connectivity index (χ0) is 24.5. The molecule has 1 N–H and O–H groups in total. The average Bonchev–Trinajstić information content (AvgIpc) is 3.14. The van der Waals surface area contributed by atoms with Crippen LogP contribution in [0.5, 0.6) is 0 Å². The number of anilines is 1. The Hall–Kier alpha value is -2.17. The quantitative estimate of drug-likeness (QED) is 0.446. The first-order valence-electron chi connectivity index (χ1n) is 10.4. The zero-order valence-electron chi connectivity index (χ0n) is 17.8. The van der Waals surface area contributed by atoms with Crippen molar-refractivity contribution in [2.24, 2.45) is 0 Å². The number of halogens is 4. The maximum Gasteiger partial charge on any atom is 0.258 e. The van der Waals surface area contributed by atoms with Crippen LogP contribution >= 0.6 is 34.8 Å². The molecule has 1 aromatic heterocycles. The lowest BCUT2D eigenvalue weighted by atomic mass is 10.2. The van der Waals surface area contributed by atoms with Gasteiger partial charge >= 0.3 is 0 Å². The van der Waals surface area contributed by atoms with Crippen molar-refractivity contribution >= 4 is 56.6 Å². The molecule has 1 fully saturated rings. The Kier molecular flexibility index (Phi) is 7.49. The highest BCUT2D eigenvalue weighted by Gasteiger charge is 2.30. The van der Waals surface area contributed by atoms with Gasteiger partial charge in [-0.1, -0.05) is 59.4 Å². The van der Waals surface area contributed by atoms with E-state index < -0.39 is 21.7 Å². The molecule has 1 saturated heterocycles. The molecule has 0 atom stereocenters. The van der Waals surface area contributed by atoms with E-state index in [0.717, 1.165) is 25.3 Å². The number of nitrogens with zero attached hydrogens (tertiary/aromatic N) is 3. The van der Waals surface area contributed by atoms with Crippen LogP contribution in [0.4, 0.5) is 10.2 Å². The summed E-state index contributed by atoms with van der Waals surface area (Å²) in [6.45, 7) is 0.873. The second-order valence-electron chi connectivity index (χ2n) is 7.80. The zero-order valence-corrected chi connectivity index (χ0v) is 20.9. The molecule has 2 aromatic carbocycles. The summed E-state index contributed by atoms with van der Waals surface area (Å²) in [6.07, 6.45) is 3.91. The normalized spacial score (nSPS) is 14.8. The fraction of sp³-hybridized carbons (Fsp3) is 0.273. The molecule has 7 nitrogen and oxygen atoms in total. The predicted octanol–water partition coefficient (Wildman–Crippen LogP) is 5.46. The highest BCUT2D eigenvalue weighted by molar-refractivity contribution is 7.89. The van der Waals surface area contributed by atoms with Gasteiger partial charge in [0, 0.05) is 24.8 Å². The second kappa shape index (κ2) is 10.2. The number of carbonyl (C=O) groups excluding carboxylic acids is 1. The average molecular weight is 546 g/mol. The van der Waals surface area contributed by atoms with Gasteiger partial charge in [0.05, 0.1) is 22.2 Å². The molecule has 1 amide bonds. The number of amides is 1. The molecule has 0 radical (unpaired) electrons. The van der Waals surface area contributed by atoms with E-state index in [1.807, 2.05) is 0 Å². The standard InChI is InChI=1S/C22H20Cl3FN4O3S/c23-16-11-17(24)20(34(32,33)30-8-4-1-5-9-30)10-15(16)22(31)27-21-18(25)13-29(28-21)12-14-6-2-3-7-19(14)26/h2-3,6-7,10-11,13H,1,4-5,8-9,12H2,(H,27,28,31). The molecule has 0 aliphatic carbocycles. The summed E-state index contributed by atoms with van der Waals surface area (Å²) in [5.74, 6) is -1.08. The molecule has 0 bridgehead atoms. The highest BCUT2D eigenvalue weighted by atomic mass is 35.5.